The van der Waals surface area contributed by atoms with Crippen molar-refractivity contribution in [2.45, 2.75) is 36.5 Å². The van der Waals surface area contributed by atoms with Crippen LogP contribution in [0.15, 0.2) is 59.9 Å². The third kappa shape index (κ3) is 3.14. The van der Waals surface area contributed by atoms with E-state index in [4.69, 9.17) is 4.74 Å². The topological polar surface area (TPSA) is 87.3 Å². The second kappa shape index (κ2) is 6.82. The van der Waals surface area contributed by atoms with Gasteiger partial charge in [0.05, 0.1) is 23.9 Å². The first kappa shape index (κ1) is 19.1. The summed E-state index contributed by atoms with van der Waals surface area (Å²) >= 11 is 0. The maximum absolute atomic E-state index is 15.3. The Labute approximate surface area is 174 Å². The Morgan fingerprint density at radius 3 is 2.87 bits per heavy atom. The number of aromatic nitrogens is 2. The maximum atomic E-state index is 15.3. The predicted octanol–water partition coefficient (Wildman–Crippen LogP) is 3.65. The molecule has 1 aromatic heterocycles. The number of hydrogen-bond acceptors (Lipinski definition) is 5. The lowest BCUT2D eigenvalue weighted by Gasteiger charge is -2.34. The van der Waals surface area contributed by atoms with Gasteiger partial charge in [0.25, 0.3) is 0 Å². The molecule has 2 N–H and O–H groups in total. The van der Waals surface area contributed by atoms with Gasteiger partial charge in [-0.1, -0.05) is 12.1 Å². The van der Waals surface area contributed by atoms with Crippen molar-refractivity contribution < 1.29 is 17.5 Å². The largest absolute Gasteiger partial charge is 0.457 e. The molecule has 1 saturated heterocycles. The van der Waals surface area contributed by atoms with Crippen LogP contribution in [-0.4, -0.2) is 31.1 Å². The van der Waals surface area contributed by atoms with E-state index in [-0.39, 0.29) is 16.8 Å². The van der Waals surface area contributed by atoms with Crippen LogP contribution in [0.3, 0.4) is 0 Å². The molecule has 3 aromatic rings. The van der Waals surface area contributed by atoms with Crippen molar-refractivity contribution in [3.8, 4) is 11.5 Å². The molecule has 0 aliphatic carbocycles. The monoisotopic (exact) mass is 428 g/mol. The molecular weight excluding hydrogens is 407 g/mol. The van der Waals surface area contributed by atoms with Crippen molar-refractivity contribution >= 4 is 15.7 Å². The molecule has 3 heterocycles. The highest BCUT2D eigenvalue weighted by atomic mass is 32.2. The van der Waals surface area contributed by atoms with Crippen molar-refractivity contribution in [2.24, 2.45) is 0 Å². The number of benzene rings is 2. The van der Waals surface area contributed by atoms with Crippen LogP contribution in [0, 0.1) is 0 Å². The lowest BCUT2D eigenvalue weighted by molar-refractivity contribution is 0.244. The lowest BCUT2D eigenvalue weighted by Crippen LogP contribution is -2.48. The minimum Gasteiger partial charge on any atom is -0.457 e. The molecule has 0 amide bonds. The second-order valence-electron chi connectivity index (χ2n) is 7.69. The molecule has 7 nitrogen and oxygen atoms in total. The summed E-state index contributed by atoms with van der Waals surface area (Å²) in [6.07, 6.45) is 4.49. The van der Waals surface area contributed by atoms with Gasteiger partial charge < -0.3 is 14.6 Å². The summed E-state index contributed by atoms with van der Waals surface area (Å²) in [6, 6.07) is 11.7. The molecular formula is C21H21FN4O3S. The van der Waals surface area contributed by atoms with E-state index < -0.39 is 15.7 Å². The summed E-state index contributed by atoms with van der Waals surface area (Å²) in [7, 11) is -3.62. The molecule has 30 heavy (non-hydrogen) atoms. The summed E-state index contributed by atoms with van der Waals surface area (Å²) in [4.78, 5) is 9.05. The van der Waals surface area contributed by atoms with E-state index in [1.807, 2.05) is 0 Å². The van der Waals surface area contributed by atoms with Gasteiger partial charge in [-0.15, -0.1) is 0 Å². The van der Waals surface area contributed by atoms with Gasteiger partial charge in [0.2, 0.25) is 10.0 Å². The summed E-state index contributed by atoms with van der Waals surface area (Å²) < 4.78 is 49.3. The Kier molecular flexibility index (Phi) is 4.33. The average Bonchev–Trinajstić information content (AvgIpc) is 3.40. The number of nitrogens with one attached hydrogen (secondary N) is 2. The van der Waals surface area contributed by atoms with Gasteiger partial charge in [0.1, 0.15) is 16.4 Å². The highest BCUT2D eigenvalue weighted by Gasteiger charge is 2.38. The SMILES string of the molecule is CC(F)(c1cccc(Oc2ccc3c(c2)S(=O)(=O)NC2CCCN32)c1)c1c[nH]cn1. The van der Waals surface area contributed by atoms with E-state index in [0.29, 0.717) is 22.7 Å². The first-order chi connectivity index (χ1) is 14.3. The zero-order valence-electron chi connectivity index (χ0n) is 16.3. The minimum atomic E-state index is -3.62. The highest BCUT2D eigenvalue weighted by Crippen LogP contribution is 2.39. The smallest absolute Gasteiger partial charge is 0.244 e. The predicted molar refractivity (Wildman–Crippen MR) is 110 cm³/mol. The van der Waals surface area contributed by atoms with Crippen LogP contribution in [-0.2, 0) is 15.7 Å². The third-order valence-electron chi connectivity index (χ3n) is 5.67. The third-order valence-corrected chi connectivity index (χ3v) is 7.15. The van der Waals surface area contributed by atoms with Gasteiger partial charge in [-0.05, 0) is 49.6 Å². The Balaban J connectivity index is 1.46. The maximum Gasteiger partial charge on any atom is 0.244 e. The number of rotatable bonds is 4. The number of aromatic amines is 1. The number of anilines is 1. The van der Waals surface area contributed by atoms with Gasteiger partial charge in [0, 0.05) is 18.8 Å². The van der Waals surface area contributed by atoms with Gasteiger partial charge in [0.15, 0.2) is 5.67 Å². The van der Waals surface area contributed by atoms with Crippen LogP contribution >= 0.6 is 0 Å². The van der Waals surface area contributed by atoms with Crippen LogP contribution in [0.1, 0.15) is 31.0 Å². The minimum absolute atomic E-state index is 0.185. The normalized spacial score (nSPS) is 21.5. The van der Waals surface area contributed by atoms with Crippen LogP contribution in [0.5, 0.6) is 11.5 Å². The number of ether oxygens (including phenoxy) is 1. The molecule has 0 saturated carbocycles. The number of nitrogens with zero attached hydrogens (tertiary/aromatic N) is 2. The van der Waals surface area contributed by atoms with Gasteiger partial charge in [-0.2, -0.15) is 4.72 Å². The van der Waals surface area contributed by atoms with Crippen molar-refractivity contribution in [1.82, 2.24) is 14.7 Å². The Hall–Kier alpha value is -2.91. The molecule has 2 aliphatic rings. The zero-order valence-corrected chi connectivity index (χ0v) is 17.1. The van der Waals surface area contributed by atoms with Gasteiger partial charge >= 0.3 is 0 Å². The van der Waals surface area contributed by atoms with Gasteiger partial charge in [-0.3, -0.25) is 0 Å². The second-order valence-corrected chi connectivity index (χ2v) is 9.37. The molecule has 9 heteroatoms. The number of halogens is 1. The fourth-order valence-electron chi connectivity index (χ4n) is 4.08. The zero-order chi connectivity index (χ0) is 20.9. The molecule has 2 aliphatic heterocycles. The molecule has 2 atom stereocenters. The van der Waals surface area contributed by atoms with Crippen LogP contribution in [0.4, 0.5) is 10.1 Å². The van der Waals surface area contributed by atoms with Gasteiger partial charge in [-0.25, -0.2) is 17.8 Å². The molecule has 0 spiro atoms. The number of hydrogen-bond donors (Lipinski definition) is 2. The number of alkyl halides is 1. The molecule has 0 bridgehead atoms. The summed E-state index contributed by atoms with van der Waals surface area (Å²) in [6.45, 7) is 2.25. The Bertz CT molecular complexity index is 1190. The number of H-pyrrole nitrogens is 1. The van der Waals surface area contributed by atoms with Crippen LogP contribution in [0.25, 0.3) is 0 Å². The number of sulfonamides is 1. The van der Waals surface area contributed by atoms with E-state index in [2.05, 4.69) is 19.6 Å². The standard InChI is InChI=1S/C21H21FN4O3S/c1-21(22,19-12-23-13-24-19)14-4-2-5-15(10-14)29-16-7-8-17-18(11-16)30(27,28)25-20-6-3-9-26(17)20/h2,4-5,7-8,10-13,20,25H,3,6,9H2,1H3,(H,23,24). The van der Waals surface area contributed by atoms with Crippen LogP contribution < -0.4 is 14.4 Å². The number of imidazole rings is 1. The molecule has 5 rings (SSSR count). The fraction of sp³-hybridized carbons (Fsp3) is 0.286. The Morgan fingerprint density at radius 2 is 2.07 bits per heavy atom. The molecule has 2 aromatic carbocycles. The first-order valence-electron chi connectivity index (χ1n) is 9.74. The van der Waals surface area contributed by atoms with Crippen LogP contribution in [0.2, 0.25) is 0 Å². The van der Waals surface area contributed by atoms with E-state index in [1.54, 1.807) is 36.4 Å². The fourth-order valence-corrected chi connectivity index (χ4v) is 5.55. The molecule has 0 radical (unpaired) electrons. The quantitative estimate of drug-likeness (QED) is 0.662. The molecule has 156 valence electrons. The molecule has 1 fully saturated rings. The summed E-state index contributed by atoms with van der Waals surface area (Å²) in [5, 5.41) is 0. The number of fused-ring (bicyclic) bond motifs is 3. The van der Waals surface area contributed by atoms with Crippen molar-refractivity contribution in [3.05, 3.63) is 66.2 Å². The average molecular weight is 428 g/mol. The van der Waals surface area contributed by atoms with Crippen molar-refractivity contribution in [2.75, 3.05) is 11.4 Å². The van der Waals surface area contributed by atoms with E-state index in [0.717, 1.165) is 19.4 Å². The van der Waals surface area contributed by atoms with Crippen molar-refractivity contribution in [1.29, 1.82) is 0 Å². The van der Waals surface area contributed by atoms with Crippen molar-refractivity contribution in [3.63, 3.8) is 0 Å². The molecule has 2 unspecified atom stereocenters. The summed E-state index contributed by atoms with van der Waals surface area (Å²) in [5.41, 5.74) is -0.454. The summed E-state index contributed by atoms with van der Waals surface area (Å²) in [5.74, 6) is 0.779. The van der Waals surface area contributed by atoms with E-state index in [1.165, 1.54) is 25.5 Å². The van der Waals surface area contributed by atoms with E-state index >= 15 is 4.39 Å². The first-order valence-corrected chi connectivity index (χ1v) is 11.2. The lowest BCUT2D eigenvalue weighted by atomic mass is 9.95. The van der Waals surface area contributed by atoms with E-state index in [9.17, 15) is 8.42 Å². The Morgan fingerprint density at radius 1 is 1.23 bits per heavy atom. The highest BCUT2D eigenvalue weighted by molar-refractivity contribution is 7.89.